The second-order valence-electron chi connectivity index (χ2n) is 5.34. The molecule has 1 amide bonds. The third-order valence-corrected chi connectivity index (χ3v) is 4.60. The van der Waals surface area contributed by atoms with Gasteiger partial charge < -0.3 is 14.8 Å². The first-order valence-corrected chi connectivity index (χ1v) is 9.35. The summed E-state index contributed by atoms with van der Waals surface area (Å²) in [5, 5.41) is 2.56. The van der Waals surface area contributed by atoms with E-state index in [2.05, 4.69) is 5.32 Å². The first kappa shape index (κ1) is 19.5. The van der Waals surface area contributed by atoms with Gasteiger partial charge in [-0.2, -0.15) is 0 Å². The zero-order chi connectivity index (χ0) is 19.3. The maximum Gasteiger partial charge on any atom is 0.245 e. The summed E-state index contributed by atoms with van der Waals surface area (Å²) in [4.78, 5) is 12.3. The minimum absolute atomic E-state index is 0.197. The number of nitrogens with zero attached hydrogens (tertiary/aromatic N) is 1. The molecule has 1 N–H and O–H groups in total. The van der Waals surface area contributed by atoms with Crippen LogP contribution in [0.25, 0.3) is 0 Å². The Balaban J connectivity index is 2.22. The highest BCUT2D eigenvalue weighted by Gasteiger charge is 2.23. The van der Waals surface area contributed by atoms with Crippen molar-refractivity contribution >= 4 is 27.3 Å². The Morgan fingerprint density at radius 1 is 1.12 bits per heavy atom. The SMILES string of the molecule is COc1ccc(NC(=O)CN(c2ccccc2F)S(C)(=O)=O)cc1OC. The van der Waals surface area contributed by atoms with Crippen LogP contribution >= 0.6 is 0 Å². The highest BCUT2D eigenvalue weighted by Crippen LogP contribution is 2.30. The van der Waals surface area contributed by atoms with Crippen molar-refractivity contribution in [2.45, 2.75) is 0 Å². The molecule has 0 aliphatic heterocycles. The van der Waals surface area contributed by atoms with Gasteiger partial charge in [0.05, 0.1) is 26.2 Å². The van der Waals surface area contributed by atoms with E-state index >= 15 is 0 Å². The number of benzene rings is 2. The monoisotopic (exact) mass is 382 g/mol. The fourth-order valence-electron chi connectivity index (χ4n) is 2.28. The van der Waals surface area contributed by atoms with Crippen LogP contribution in [0.5, 0.6) is 11.5 Å². The van der Waals surface area contributed by atoms with Gasteiger partial charge in [0, 0.05) is 11.8 Å². The van der Waals surface area contributed by atoms with Gasteiger partial charge in [0.1, 0.15) is 12.4 Å². The van der Waals surface area contributed by atoms with Crippen LogP contribution in [-0.4, -0.2) is 41.3 Å². The Kier molecular flexibility index (Phi) is 6.04. The Morgan fingerprint density at radius 2 is 1.77 bits per heavy atom. The number of para-hydroxylation sites is 1. The van der Waals surface area contributed by atoms with Gasteiger partial charge in [-0.15, -0.1) is 0 Å². The predicted molar refractivity (Wildman–Crippen MR) is 96.8 cm³/mol. The van der Waals surface area contributed by atoms with Crippen LogP contribution in [0, 0.1) is 5.82 Å². The summed E-state index contributed by atoms with van der Waals surface area (Å²) in [6, 6.07) is 10.0. The standard InChI is InChI=1S/C17H19FN2O5S/c1-24-15-9-8-12(10-16(15)25-2)19-17(21)11-20(26(3,22)23)14-7-5-4-6-13(14)18/h4-10H,11H2,1-3H3,(H,19,21). The quantitative estimate of drug-likeness (QED) is 0.794. The van der Waals surface area contributed by atoms with Crippen molar-refractivity contribution in [3.63, 3.8) is 0 Å². The third-order valence-electron chi connectivity index (χ3n) is 3.48. The number of rotatable bonds is 7. The fourth-order valence-corrected chi connectivity index (χ4v) is 3.14. The number of hydrogen-bond donors (Lipinski definition) is 1. The van der Waals surface area contributed by atoms with Gasteiger partial charge in [-0.3, -0.25) is 9.10 Å². The number of methoxy groups -OCH3 is 2. The van der Waals surface area contributed by atoms with Crippen LogP contribution in [0.1, 0.15) is 0 Å². The van der Waals surface area contributed by atoms with Crippen LogP contribution in [-0.2, 0) is 14.8 Å². The largest absolute Gasteiger partial charge is 0.493 e. The molecule has 140 valence electrons. The summed E-state index contributed by atoms with van der Waals surface area (Å²) in [6.07, 6.45) is 0.906. The number of sulfonamides is 1. The number of carbonyl (C=O) groups excluding carboxylic acids is 1. The molecule has 0 aliphatic rings. The van der Waals surface area contributed by atoms with Crippen LogP contribution in [0.4, 0.5) is 15.8 Å². The summed E-state index contributed by atoms with van der Waals surface area (Å²) >= 11 is 0. The fraction of sp³-hybridized carbons (Fsp3) is 0.235. The van der Waals surface area contributed by atoms with Gasteiger partial charge in [-0.25, -0.2) is 12.8 Å². The molecule has 0 saturated carbocycles. The summed E-state index contributed by atoms with van der Waals surface area (Å²) in [7, 11) is -0.931. The van der Waals surface area contributed by atoms with E-state index < -0.39 is 28.3 Å². The minimum Gasteiger partial charge on any atom is -0.493 e. The molecule has 2 aromatic rings. The number of nitrogens with one attached hydrogen (secondary N) is 1. The zero-order valence-electron chi connectivity index (χ0n) is 14.5. The molecule has 0 aromatic heterocycles. The third kappa shape index (κ3) is 4.63. The molecular weight excluding hydrogens is 363 g/mol. The topological polar surface area (TPSA) is 84.9 Å². The number of ether oxygens (including phenoxy) is 2. The van der Waals surface area contributed by atoms with Gasteiger partial charge in [0.2, 0.25) is 15.9 Å². The molecule has 0 saturated heterocycles. The average Bonchev–Trinajstić information content (AvgIpc) is 2.59. The average molecular weight is 382 g/mol. The van der Waals surface area contributed by atoms with Gasteiger partial charge in [0.25, 0.3) is 0 Å². The Morgan fingerprint density at radius 3 is 2.35 bits per heavy atom. The normalized spacial score (nSPS) is 10.9. The summed E-state index contributed by atoms with van der Waals surface area (Å²) in [6.45, 7) is -0.575. The van der Waals surface area contributed by atoms with Crippen molar-refractivity contribution in [1.82, 2.24) is 0 Å². The van der Waals surface area contributed by atoms with Crippen molar-refractivity contribution in [2.24, 2.45) is 0 Å². The zero-order valence-corrected chi connectivity index (χ0v) is 15.3. The van der Waals surface area contributed by atoms with E-state index in [1.807, 2.05) is 0 Å². The van der Waals surface area contributed by atoms with Crippen LogP contribution in [0.3, 0.4) is 0 Å². The van der Waals surface area contributed by atoms with E-state index in [9.17, 15) is 17.6 Å². The Labute approximate surface area is 151 Å². The highest BCUT2D eigenvalue weighted by molar-refractivity contribution is 7.92. The van der Waals surface area contributed by atoms with E-state index in [1.54, 1.807) is 12.1 Å². The molecule has 7 nitrogen and oxygen atoms in total. The van der Waals surface area contributed by atoms with Crippen molar-refractivity contribution in [2.75, 3.05) is 36.6 Å². The van der Waals surface area contributed by atoms with Gasteiger partial charge in [-0.1, -0.05) is 12.1 Å². The van der Waals surface area contributed by atoms with E-state index in [0.29, 0.717) is 21.5 Å². The van der Waals surface area contributed by atoms with E-state index in [-0.39, 0.29) is 5.69 Å². The van der Waals surface area contributed by atoms with Crippen molar-refractivity contribution < 1.29 is 27.1 Å². The first-order chi connectivity index (χ1) is 12.3. The molecule has 2 aromatic carbocycles. The van der Waals surface area contributed by atoms with Crippen molar-refractivity contribution in [3.05, 3.63) is 48.3 Å². The first-order valence-electron chi connectivity index (χ1n) is 7.50. The lowest BCUT2D eigenvalue weighted by molar-refractivity contribution is -0.114. The van der Waals surface area contributed by atoms with Crippen molar-refractivity contribution in [1.29, 1.82) is 0 Å². The molecule has 0 aliphatic carbocycles. The van der Waals surface area contributed by atoms with E-state index in [1.165, 1.54) is 38.5 Å². The van der Waals surface area contributed by atoms with E-state index in [0.717, 1.165) is 12.3 Å². The van der Waals surface area contributed by atoms with Gasteiger partial charge in [0.15, 0.2) is 11.5 Å². The van der Waals surface area contributed by atoms with Crippen LogP contribution < -0.4 is 19.1 Å². The Hall–Kier alpha value is -2.81. The number of halogens is 1. The lowest BCUT2D eigenvalue weighted by atomic mass is 10.2. The summed E-state index contributed by atoms with van der Waals surface area (Å²) < 4.78 is 48.9. The van der Waals surface area contributed by atoms with Gasteiger partial charge >= 0.3 is 0 Å². The molecule has 9 heteroatoms. The molecule has 0 fully saturated rings. The maximum absolute atomic E-state index is 14.0. The minimum atomic E-state index is -3.86. The molecule has 0 bridgehead atoms. The maximum atomic E-state index is 14.0. The highest BCUT2D eigenvalue weighted by atomic mass is 32.2. The molecular formula is C17H19FN2O5S. The predicted octanol–water partition coefficient (Wildman–Crippen LogP) is 2.25. The number of anilines is 2. The van der Waals surface area contributed by atoms with E-state index in [4.69, 9.17) is 9.47 Å². The molecule has 0 atom stereocenters. The number of hydrogen-bond acceptors (Lipinski definition) is 5. The molecule has 0 radical (unpaired) electrons. The summed E-state index contributed by atoms with van der Waals surface area (Å²) in [5.41, 5.74) is 0.187. The Bertz CT molecular complexity index is 902. The molecule has 0 spiro atoms. The van der Waals surface area contributed by atoms with Crippen molar-refractivity contribution in [3.8, 4) is 11.5 Å². The second-order valence-corrected chi connectivity index (χ2v) is 7.25. The summed E-state index contributed by atoms with van der Waals surface area (Å²) in [5.74, 6) is -0.489. The lowest BCUT2D eigenvalue weighted by Crippen LogP contribution is -2.38. The molecule has 0 unspecified atom stereocenters. The molecule has 26 heavy (non-hydrogen) atoms. The molecule has 0 heterocycles. The van der Waals surface area contributed by atoms with Crippen LogP contribution in [0.2, 0.25) is 0 Å². The second kappa shape index (κ2) is 8.05. The molecule has 2 rings (SSSR count). The van der Waals surface area contributed by atoms with Gasteiger partial charge in [-0.05, 0) is 24.3 Å². The van der Waals surface area contributed by atoms with Crippen LogP contribution in [0.15, 0.2) is 42.5 Å². The smallest absolute Gasteiger partial charge is 0.245 e. The number of amides is 1. The lowest BCUT2D eigenvalue weighted by Gasteiger charge is -2.22. The number of carbonyl (C=O) groups is 1.